The molecule has 0 aliphatic rings. The van der Waals surface area contributed by atoms with Crippen LogP contribution in [0.25, 0.3) is 0 Å². The molecule has 46 heavy (non-hydrogen) atoms. The summed E-state index contributed by atoms with van der Waals surface area (Å²) >= 11 is 0. The fourth-order valence-electron chi connectivity index (χ4n) is 4.39. The second kappa shape index (κ2) is 19.2. The molecule has 2 unspecified atom stereocenters. The van der Waals surface area contributed by atoms with Crippen molar-refractivity contribution in [3.05, 3.63) is 131 Å². The van der Waals surface area contributed by atoms with Crippen LogP contribution in [0.1, 0.15) is 25.0 Å². The first-order valence-electron chi connectivity index (χ1n) is 15.9. The van der Waals surface area contributed by atoms with Gasteiger partial charge in [0.25, 0.3) is 0 Å². The van der Waals surface area contributed by atoms with Crippen molar-refractivity contribution in [1.29, 1.82) is 0 Å². The quantitative estimate of drug-likeness (QED) is 0.0993. The standard InChI is InChI=1S/C36H40N2O8/c39-25-37-31-15-11-29(12-16-31)21-45-33(23-43-19-27-7-3-1-4-8-27)35(41)36(42)34(24-44-20-28-9-5-2-6-10-28)46-22-30-13-17-32(18-14-30)38-26-40/h1-18,25-26,33-36,41-42H,19-24H2,(H,37,39)(H,38,40)/t33-,34-,35-,36-/m1/s1/i21D,22D/t21?,22?,33-,34-,35-,36-. The van der Waals surface area contributed by atoms with E-state index >= 15 is 0 Å². The molecule has 6 atom stereocenters. The van der Waals surface area contributed by atoms with Crippen molar-refractivity contribution in [2.75, 3.05) is 23.8 Å². The zero-order valence-corrected chi connectivity index (χ0v) is 25.2. The molecule has 4 rings (SSSR count). The van der Waals surface area contributed by atoms with E-state index in [0.717, 1.165) is 11.1 Å². The van der Waals surface area contributed by atoms with Crippen molar-refractivity contribution < 1.29 is 41.5 Å². The first kappa shape index (κ1) is 31.6. The molecule has 0 aliphatic carbocycles. The number of benzene rings is 4. The van der Waals surface area contributed by atoms with Gasteiger partial charge in [0.2, 0.25) is 12.8 Å². The number of carbonyl (C=O) groups is 2. The highest BCUT2D eigenvalue weighted by molar-refractivity contribution is 5.71. The Morgan fingerprint density at radius 2 is 0.935 bits per heavy atom. The number of anilines is 2. The second-order valence-corrected chi connectivity index (χ2v) is 10.3. The summed E-state index contributed by atoms with van der Waals surface area (Å²) in [5, 5.41) is 28.1. The minimum Gasteiger partial charge on any atom is -0.388 e. The van der Waals surface area contributed by atoms with Gasteiger partial charge in [-0.15, -0.1) is 0 Å². The maximum absolute atomic E-state index is 11.5. The molecule has 0 saturated heterocycles. The van der Waals surface area contributed by atoms with Gasteiger partial charge in [-0.05, 0) is 46.5 Å². The first-order chi connectivity index (χ1) is 23.4. The molecule has 0 spiro atoms. The first-order valence-corrected chi connectivity index (χ1v) is 14.7. The zero-order chi connectivity index (χ0) is 34.1. The van der Waals surface area contributed by atoms with Crippen LogP contribution in [-0.2, 0) is 54.9 Å². The predicted octanol–water partition coefficient (Wildman–Crippen LogP) is 4.45. The van der Waals surface area contributed by atoms with Gasteiger partial charge in [0.15, 0.2) is 0 Å². The Morgan fingerprint density at radius 3 is 1.28 bits per heavy atom. The van der Waals surface area contributed by atoms with E-state index in [4.69, 9.17) is 21.7 Å². The lowest BCUT2D eigenvalue weighted by Crippen LogP contribution is -2.49. The number of carbonyl (C=O) groups excluding carboxylic acids is 2. The highest BCUT2D eigenvalue weighted by Gasteiger charge is 2.34. The fraction of sp³-hybridized carbons (Fsp3) is 0.278. The van der Waals surface area contributed by atoms with Crippen molar-refractivity contribution in [2.24, 2.45) is 0 Å². The van der Waals surface area contributed by atoms with Gasteiger partial charge < -0.3 is 39.8 Å². The fourth-order valence-corrected chi connectivity index (χ4v) is 4.39. The van der Waals surface area contributed by atoms with E-state index < -0.39 is 37.6 Å². The van der Waals surface area contributed by atoms with Crippen LogP contribution < -0.4 is 10.6 Å². The van der Waals surface area contributed by atoms with E-state index in [-0.39, 0.29) is 26.4 Å². The molecule has 0 aliphatic heterocycles. The lowest BCUT2D eigenvalue weighted by Gasteiger charge is -2.32. The van der Waals surface area contributed by atoms with Crippen LogP contribution in [0.15, 0.2) is 109 Å². The summed E-state index contributed by atoms with van der Waals surface area (Å²) in [5.74, 6) is 0. The second-order valence-electron chi connectivity index (χ2n) is 10.3. The Kier molecular flexibility index (Phi) is 13.2. The van der Waals surface area contributed by atoms with E-state index in [0.29, 0.717) is 35.3 Å². The number of hydrogen-bond acceptors (Lipinski definition) is 8. The van der Waals surface area contributed by atoms with E-state index in [1.165, 1.54) is 0 Å². The average Bonchev–Trinajstić information content (AvgIpc) is 3.12. The zero-order valence-electron chi connectivity index (χ0n) is 27.2. The SMILES string of the molecule is [2H]C(O[C@H](COCc1ccccc1)[C@@H](O)[C@H](O)[C@@H](COCc1ccccc1)OC([2H])c1ccc(NC=O)cc1)c1ccc(NC=O)cc1. The predicted molar refractivity (Wildman–Crippen MR) is 174 cm³/mol. The van der Waals surface area contributed by atoms with E-state index in [2.05, 4.69) is 10.6 Å². The van der Waals surface area contributed by atoms with Gasteiger partial charge in [-0.3, -0.25) is 9.59 Å². The topological polar surface area (TPSA) is 136 Å². The smallest absolute Gasteiger partial charge is 0.211 e. The van der Waals surface area contributed by atoms with Crippen molar-refractivity contribution in [3.63, 3.8) is 0 Å². The maximum atomic E-state index is 11.5. The molecule has 0 radical (unpaired) electrons. The van der Waals surface area contributed by atoms with Gasteiger partial charge in [0, 0.05) is 11.4 Å². The van der Waals surface area contributed by atoms with Crippen molar-refractivity contribution in [1.82, 2.24) is 0 Å². The number of aliphatic hydroxyl groups is 2. The van der Waals surface area contributed by atoms with Crippen LogP contribution in [-0.4, -0.2) is 60.7 Å². The molecule has 4 N–H and O–H groups in total. The Labute approximate surface area is 271 Å². The van der Waals surface area contributed by atoms with Gasteiger partial charge >= 0.3 is 0 Å². The van der Waals surface area contributed by atoms with Crippen molar-refractivity contribution >= 4 is 24.2 Å². The summed E-state index contributed by atoms with van der Waals surface area (Å²) in [6.07, 6.45) is -4.55. The van der Waals surface area contributed by atoms with Crippen LogP contribution in [0.3, 0.4) is 0 Å². The summed E-state index contributed by atoms with van der Waals surface area (Å²) in [5.41, 5.74) is 3.73. The largest absolute Gasteiger partial charge is 0.388 e. The van der Waals surface area contributed by atoms with Crippen LogP contribution in [0, 0.1) is 0 Å². The molecule has 0 fully saturated rings. The number of nitrogens with one attached hydrogen (secondary N) is 2. The summed E-state index contributed by atoms with van der Waals surface area (Å²) in [4.78, 5) is 21.6. The molecule has 0 saturated carbocycles. The molecule has 0 bridgehead atoms. The molecule has 4 aromatic carbocycles. The lowest BCUT2D eigenvalue weighted by molar-refractivity contribution is -0.170. The van der Waals surface area contributed by atoms with Crippen molar-refractivity contribution in [3.8, 4) is 0 Å². The monoisotopic (exact) mass is 630 g/mol. The third kappa shape index (κ3) is 11.5. The number of ether oxygens (including phenoxy) is 4. The normalized spacial score (nSPS) is 15.7. The van der Waals surface area contributed by atoms with Crippen LogP contribution in [0.5, 0.6) is 0 Å². The third-order valence-corrected chi connectivity index (χ3v) is 6.93. The summed E-state index contributed by atoms with van der Waals surface area (Å²) in [6, 6.07) is 31.7. The Morgan fingerprint density at radius 1 is 0.565 bits per heavy atom. The molecule has 10 nitrogen and oxygen atoms in total. The van der Waals surface area contributed by atoms with Crippen LogP contribution in [0.2, 0.25) is 0 Å². The Bertz CT molecular complexity index is 1390. The highest BCUT2D eigenvalue weighted by atomic mass is 16.6. The van der Waals surface area contributed by atoms with E-state index in [9.17, 15) is 19.8 Å². The molecular weight excluding hydrogens is 588 g/mol. The Balaban J connectivity index is 1.51. The molecule has 2 amide bonds. The van der Waals surface area contributed by atoms with Gasteiger partial charge in [0.05, 0.1) is 42.3 Å². The van der Waals surface area contributed by atoms with Gasteiger partial charge in [-0.25, -0.2) is 0 Å². The molecular formula is C36H40N2O8. The lowest BCUT2D eigenvalue weighted by atomic mass is 10.0. The van der Waals surface area contributed by atoms with Gasteiger partial charge in [-0.1, -0.05) is 84.9 Å². The number of rotatable bonds is 21. The molecule has 0 aromatic heterocycles. The van der Waals surface area contributed by atoms with E-state index in [1.807, 2.05) is 60.7 Å². The summed E-state index contributed by atoms with van der Waals surface area (Å²) in [7, 11) is 0. The summed E-state index contributed by atoms with van der Waals surface area (Å²) in [6.45, 7) is -2.53. The van der Waals surface area contributed by atoms with Crippen LogP contribution in [0.4, 0.5) is 11.4 Å². The number of amides is 2. The van der Waals surface area contributed by atoms with Crippen molar-refractivity contribution in [2.45, 2.75) is 50.8 Å². The summed E-state index contributed by atoms with van der Waals surface area (Å²) < 4.78 is 41.0. The highest BCUT2D eigenvalue weighted by Crippen LogP contribution is 2.19. The number of aliphatic hydroxyl groups excluding tert-OH is 2. The van der Waals surface area contributed by atoms with Gasteiger partial charge in [0.1, 0.15) is 24.4 Å². The minimum atomic E-state index is -1.62. The van der Waals surface area contributed by atoms with Crippen LogP contribution >= 0.6 is 0 Å². The molecule has 0 heterocycles. The third-order valence-electron chi connectivity index (χ3n) is 6.93. The number of hydrogen-bond donors (Lipinski definition) is 4. The van der Waals surface area contributed by atoms with Gasteiger partial charge in [-0.2, -0.15) is 0 Å². The average molecular weight is 631 g/mol. The Hall–Kier alpha value is -4.42. The maximum Gasteiger partial charge on any atom is 0.211 e. The molecule has 242 valence electrons. The molecule has 4 aromatic rings. The molecule has 10 heteroatoms. The minimum absolute atomic E-state index is 0.180. The van der Waals surface area contributed by atoms with E-state index in [1.54, 1.807) is 48.5 Å².